The largest absolute Gasteiger partial charge is 0.454 e. The molecule has 9 nitrogen and oxygen atoms in total. The zero-order chi connectivity index (χ0) is 27.1. The Bertz CT molecular complexity index is 1600. The summed E-state index contributed by atoms with van der Waals surface area (Å²) < 4.78 is 32.7. The number of benzene rings is 2. The second-order valence-corrected chi connectivity index (χ2v) is 10.3. The number of carbonyl (C=O) groups excluding carboxylic acids is 2. The minimum atomic E-state index is -0.824. The number of hydrogen-bond donors (Lipinski definition) is 3. The van der Waals surface area contributed by atoms with Crippen molar-refractivity contribution in [2.45, 2.75) is 25.8 Å². The van der Waals surface area contributed by atoms with Gasteiger partial charge in [-0.25, -0.2) is 18.6 Å². The maximum Gasteiger partial charge on any atom is 0.359 e. The van der Waals surface area contributed by atoms with Crippen molar-refractivity contribution in [3.63, 3.8) is 0 Å². The molecule has 0 unspecified atom stereocenters. The topological polar surface area (TPSA) is 105 Å². The predicted octanol–water partition coefficient (Wildman–Crippen LogP) is 5.50. The fourth-order valence-electron chi connectivity index (χ4n) is 4.61. The number of halogens is 2. The van der Waals surface area contributed by atoms with Crippen LogP contribution in [0, 0.1) is 18.6 Å². The summed E-state index contributed by atoms with van der Waals surface area (Å²) in [5.74, 6) is -1.25. The number of anilines is 2. The van der Waals surface area contributed by atoms with Crippen LogP contribution >= 0.6 is 11.3 Å². The SMILES string of the molecule is Cc1cc(Oc2ccc(F)cc2F)ccc1ON1C(=O)Nc2c(C(=O)N[C@@H]3CCCNC3)sc3nccc1c23. The number of aromatic nitrogens is 1. The van der Waals surface area contributed by atoms with Crippen LogP contribution in [-0.2, 0) is 0 Å². The maximum absolute atomic E-state index is 14.0. The van der Waals surface area contributed by atoms with Gasteiger partial charge in [-0.05, 0) is 68.3 Å². The Morgan fingerprint density at radius 2 is 2.03 bits per heavy atom. The van der Waals surface area contributed by atoms with E-state index in [0.29, 0.717) is 50.1 Å². The van der Waals surface area contributed by atoms with E-state index in [4.69, 9.17) is 9.57 Å². The molecule has 39 heavy (non-hydrogen) atoms. The first-order valence-electron chi connectivity index (χ1n) is 12.3. The number of carbonyl (C=O) groups is 2. The molecular formula is C27H23F2N5O4S. The van der Waals surface area contributed by atoms with Gasteiger partial charge in [0.1, 0.15) is 27.0 Å². The van der Waals surface area contributed by atoms with E-state index >= 15 is 0 Å². The number of amides is 3. The van der Waals surface area contributed by atoms with Crippen molar-refractivity contribution in [2.75, 3.05) is 23.5 Å². The predicted molar refractivity (Wildman–Crippen MR) is 143 cm³/mol. The maximum atomic E-state index is 14.0. The number of ether oxygens (including phenoxy) is 1. The first-order chi connectivity index (χ1) is 18.9. The minimum Gasteiger partial charge on any atom is -0.454 e. The van der Waals surface area contributed by atoms with E-state index in [2.05, 4.69) is 20.9 Å². The Morgan fingerprint density at radius 1 is 1.18 bits per heavy atom. The van der Waals surface area contributed by atoms with Crippen LogP contribution in [0.25, 0.3) is 10.2 Å². The number of pyridine rings is 1. The lowest BCUT2D eigenvalue weighted by atomic mass is 10.1. The Morgan fingerprint density at radius 3 is 2.79 bits per heavy atom. The molecule has 2 aliphatic rings. The van der Waals surface area contributed by atoms with E-state index in [1.165, 1.54) is 17.4 Å². The van der Waals surface area contributed by atoms with Gasteiger partial charge in [-0.15, -0.1) is 16.4 Å². The molecule has 2 aromatic carbocycles. The summed E-state index contributed by atoms with van der Waals surface area (Å²) in [4.78, 5) is 37.7. The molecular weight excluding hydrogens is 528 g/mol. The fraction of sp³-hybridized carbons (Fsp3) is 0.222. The summed E-state index contributed by atoms with van der Waals surface area (Å²) in [6.07, 6.45) is 3.42. The number of aryl methyl sites for hydroxylation is 1. The van der Waals surface area contributed by atoms with Crippen molar-refractivity contribution in [3.05, 3.63) is 70.7 Å². The van der Waals surface area contributed by atoms with Crippen LogP contribution in [0.3, 0.4) is 0 Å². The van der Waals surface area contributed by atoms with Gasteiger partial charge in [-0.2, -0.15) is 0 Å². The highest BCUT2D eigenvalue weighted by molar-refractivity contribution is 7.21. The van der Waals surface area contributed by atoms with Gasteiger partial charge in [0.25, 0.3) is 5.91 Å². The third kappa shape index (κ3) is 4.84. The smallest absolute Gasteiger partial charge is 0.359 e. The Hall–Kier alpha value is -4.29. The van der Waals surface area contributed by atoms with Gasteiger partial charge in [0.2, 0.25) is 0 Å². The van der Waals surface area contributed by atoms with Crippen molar-refractivity contribution in [2.24, 2.45) is 0 Å². The summed E-state index contributed by atoms with van der Waals surface area (Å²) in [7, 11) is 0. The first kappa shape index (κ1) is 25.0. The lowest BCUT2D eigenvalue weighted by Crippen LogP contribution is -2.45. The molecule has 0 bridgehead atoms. The van der Waals surface area contributed by atoms with Gasteiger partial charge in [-0.1, -0.05) is 0 Å². The van der Waals surface area contributed by atoms with Crippen molar-refractivity contribution in [3.8, 4) is 17.2 Å². The summed E-state index contributed by atoms with van der Waals surface area (Å²) in [5, 5.41) is 10.8. The average molecular weight is 552 g/mol. The van der Waals surface area contributed by atoms with Gasteiger partial charge < -0.3 is 25.5 Å². The molecule has 4 heterocycles. The number of piperidine rings is 1. The van der Waals surface area contributed by atoms with Gasteiger partial charge in [0, 0.05) is 24.8 Å². The van der Waals surface area contributed by atoms with Gasteiger partial charge in [0.05, 0.1) is 11.1 Å². The average Bonchev–Trinajstić information content (AvgIpc) is 3.29. The number of urea groups is 1. The Balaban J connectivity index is 1.26. The summed E-state index contributed by atoms with van der Waals surface area (Å²) in [6, 6.07) is 8.88. The molecule has 12 heteroatoms. The highest BCUT2D eigenvalue weighted by Crippen LogP contribution is 2.44. The van der Waals surface area contributed by atoms with E-state index in [0.717, 1.165) is 36.6 Å². The number of hydroxylamine groups is 1. The quantitative estimate of drug-likeness (QED) is 0.292. The minimum absolute atomic E-state index is 0.0182. The molecule has 3 N–H and O–H groups in total. The molecule has 4 aromatic rings. The highest BCUT2D eigenvalue weighted by Gasteiger charge is 2.34. The van der Waals surface area contributed by atoms with Crippen LogP contribution < -0.4 is 30.6 Å². The van der Waals surface area contributed by atoms with Crippen LogP contribution in [0.1, 0.15) is 28.1 Å². The van der Waals surface area contributed by atoms with Crippen LogP contribution in [0.2, 0.25) is 0 Å². The van der Waals surface area contributed by atoms with Gasteiger partial charge in [0.15, 0.2) is 17.3 Å². The zero-order valence-electron chi connectivity index (χ0n) is 20.7. The molecule has 3 amide bonds. The number of hydrogen-bond acceptors (Lipinski definition) is 7. The van der Waals surface area contributed by atoms with Crippen molar-refractivity contribution < 1.29 is 27.9 Å². The normalized spacial score (nSPS) is 16.6. The molecule has 0 spiro atoms. The van der Waals surface area contributed by atoms with Crippen LogP contribution in [-0.4, -0.2) is 36.1 Å². The van der Waals surface area contributed by atoms with Crippen molar-refractivity contribution in [1.82, 2.24) is 15.6 Å². The summed E-state index contributed by atoms with van der Waals surface area (Å²) in [5.41, 5.74) is 1.46. The van der Waals surface area contributed by atoms with Crippen molar-refractivity contribution in [1.29, 1.82) is 0 Å². The molecule has 0 radical (unpaired) electrons. The third-order valence-corrected chi connectivity index (χ3v) is 7.60. The monoisotopic (exact) mass is 551 g/mol. The number of thiophene rings is 1. The zero-order valence-corrected chi connectivity index (χ0v) is 21.5. The number of nitrogens with zero attached hydrogens (tertiary/aromatic N) is 2. The van der Waals surface area contributed by atoms with Crippen LogP contribution in [0.5, 0.6) is 17.2 Å². The van der Waals surface area contributed by atoms with Crippen molar-refractivity contribution >= 4 is 44.9 Å². The lowest BCUT2D eigenvalue weighted by molar-refractivity contribution is 0.0935. The summed E-state index contributed by atoms with van der Waals surface area (Å²) in [6.45, 7) is 3.37. The number of rotatable bonds is 6. The molecule has 1 atom stereocenters. The molecule has 1 fully saturated rings. The van der Waals surface area contributed by atoms with E-state index in [9.17, 15) is 18.4 Å². The molecule has 0 saturated carbocycles. The summed E-state index contributed by atoms with van der Waals surface area (Å²) >= 11 is 1.21. The molecule has 2 aromatic heterocycles. The molecule has 0 aliphatic carbocycles. The lowest BCUT2D eigenvalue weighted by Gasteiger charge is -2.28. The molecule has 200 valence electrons. The Kier molecular flexibility index (Phi) is 6.49. The first-order valence-corrected chi connectivity index (χ1v) is 13.1. The number of nitrogens with one attached hydrogen (secondary N) is 3. The van der Waals surface area contributed by atoms with Gasteiger partial charge >= 0.3 is 6.03 Å². The second kappa shape index (κ2) is 10.1. The van der Waals surface area contributed by atoms with Crippen LogP contribution in [0.15, 0.2) is 48.7 Å². The molecule has 6 rings (SSSR count). The highest BCUT2D eigenvalue weighted by atomic mass is 32.1. The second-order valence-electron chi connectivity index (χ2n) is 9.25. The van der Waals surface area contributed by atoms with E-state index < -0.39 is 17.7 Å². The third-order valence-electron chi connectivity index (χ3n) is 6.50. The van der Waals surface area contributed by atoms with E-state index in [1.54, 1.807) is 37.4 Å². The van der Waals surface area contributed by atoms with Crippen LogP contribution in [0.4, 0.5) is 25.0 Å². The standard InChI is InChI=1S/C27H23F2N5O4S/c1-14-11-17(37-21-6-4-15(28)12-18(21)29)5-7-20(14)38-34-19-8-10-31-26-22(19)23(33-27(34)36)24(39-26)25(35)32-16-3-2-9-30-13-16/h4-8,10-12,16,30H,2-3,9,13H2,1H3,(H,32,35)(H,33,36)/t16-/m1/s1. The van der Waals surface area contributed by atoms with E-state index in [-0.39, 0.29) is 17.7 Å². The van der Waals surface area contributed by atoms with E-state index in [1.807, 2.05) is 0 Å². The van der Waals surface area contributed by atoms with Gasteiger partial charge in [-0.3, -0.25) is 4.79 Å². The molecule has 1 saturated heterocycles. The fourth-order valence-corrected chi connectivity index (χ4v) is 5.63. The Labute approximate surface area is 225 Å². The molecule has 2 aliphatic heterocycles.